The number of ether oxygens (including phenoxy) is 2. The number of hydrogen-bond donors (Lipinski definition) is 0. The smallest absolute Gasteiger partial charge is 0.318 e. The third-order valence-corrected chi connectivity index (χ3v) is 3.29. The van der Waals surface area contributed by atoms with Crippen molar-refractivity contribution in [3.05, 3.63) is 48.5 Å². The first kappa shape index (κ1) is 19.1. The SMILES string of the molecule is CC(=O)CC(=O)Oc1ccc(-c2ccc(OC(=O)CC(C)=O)cc2)cc1. The Morgan fingerprint density at radius 3 is 1.19 bits per heavy atom. The summed E-state index contributed by atoms with van der Waals surface area (Å²) in [5.41, 5.74) is 1.75. The van der Waals surface area contributed by atoms with Gasteiger partial charge in [0.05, 0.1) is 0 Å². The summed E-state index contributed by atoms with van der Waals surface area (Å²) < 4.78 is 10.1. The Kier molecular flexibility index (Phi) is 6.38. The molecule has 0 atom stereocenters. The van der Waals surface area contributed by atoms with Crippen LogP contribution in [0.4, 0.5) is 0 Å². The van der Waals surface area contributed by atoms with E-state index in [2.05, 4.69) is 0 Å². The molecular formula is C20H18O6. The molecule has 0 spiro atoms. The quantitative estimate of drug-likeness (QED) is 0.431. The van der Waals surface area contributed by atoms with E-state index in [-0.39, 0.29) is 24.4 Å². The molecule has 0 radical (unpaired) electrons. The maximum absolute atomic E-state index is 11.5. The van der Waals surface area contributed by atoms with Crippen LogP contribution < -0.4 is 9.47 Å². The lowest BCUT2D eigenvalue weighted by molar-refractivity contribution is -0.139. The lowest BCUT2D eigenvalue weighted by Crippen LogP contribution is -2.11. The van der Waals surface area contributed by atoms with Gasteiger partial charge in [0, 0.05) is 0 Å². The lowest BCUT2D eigenvalue weighted by atomic mass is 10.1. The molecule has 26 heavy (non-hydrogen) atoms. The molecule has 0 aliphatic heterocycles. The van der Waals surface area contributed by atoms with Crippen LogP contribution in [0.3, 0.4) is 0 Å². The normalized spacial score (nSPS) is 10.1. The standard InChI is InChI=1S/C20H18O6/c1-13(21)11-19(23)25-17-7-3-15(4-8-17)16-5-9-18(10-6-16)26-20(24)12-14(2)22/h3-10H,11-12H2,1-2H3. The summed E-state index contributed by atoms with van der Waals surface area (Å²) in [5, 5.41) is 0. The van der Waals surface area contributed by atoms with Crippen LogP contribution in [0.1, 0.15) is 26.7 Å². The number of esters is 2. The first-order valence-corrected chi connectivity index (χ1v) is 7.94. The summed E-state index contributed by atoms with van der Waals surface area (Å²) in [6, 6.07) is 13.6. The van der Waals surface area contributed by atoms with Crippen LogP contribution >= 0.6 is 0 Å². The average molecular weight is 354 g/mol. The average Bonchev–Trinajstić information content (AvgIpc) is 2.54. The number of ketones is 2. The van der Waals surface area contributed by atoms with Crippen LogP contribution in [0.5, 0.6) is 11.5 Å². The van der Waals surface area contributed by atoms with Crippen LogP contribution in [0.15, 0.2) is 48.5 Å². The number of hydrogen-bond acceptors (Lipinski definition) is 6. The minimum Gasteiger partial charge on any atom is -0.426 e. The first-order valence-electron chi connectivity index (χ1n) is 7.94. The number of carbonyl (C=O) groups excluding carboxylic acids is 4. The van der Waals surface area contributed by atoms with Gasteiger partial charge in [-0.15, -0.1) is 0 Å². The van der Waals surface area contributed by atoms with Gasteiger partial charge in [-0.25, -0.2) is 0 Å². The molecule has 0 aliphatic carbocycles. The van der Waals surface area contributed by atoms with Crippen molar-refractivity contribution >= 4 is 23.5 Å². The van der Waals surface area contributed by atoms with Crippen LogP contribution in [-0.4, -0.2) is 23.5 Å². The molecule has 0 aromatic heterocycles. The molecule has 0 saturated heterocycles. The van der Waals surface area contributed by atoms with E-state index < -0.39 is 11.9 Å². The Labute approximate surface area is 150 Å². The van der Waals surface area contributed by atoms with E-state index in [0.717, 1.165) is 11.1 Å². The highest BCUT2D eigenvalue weighted by Gasteiger charge is 2.09. The number of benzene rings is 2. The second kappa shape index (κ2) is 8.71. The summed E-state index contributed by atoms with van der Waals surface area (Å²) in [6.07, 6.45) is -0.517. The fourth-order valence-corrected chi connectivity index (χ4v) is 2.17. The molecule has 2 aromatic carbocycles. The first-order chi connectivity index (χ1) is 12.3. The van der Waals surface area contributed by atoms with Crippen molar-refractivity contribution < 1.29 is 28.7 Å². The maximum atomic E-state index is 11.5. The summed E-state index contributed by atoms with van der Waals surface area (Å²) in [6.45, 7) is 2.65. The summed E-state index contributed by atoms with van der Waals surface area (Å²) in [4.78, 5) is 44.7. The Morgan fingerprint density at radius 2 is 0.923 bits per heavy atom. The largest absolute Gasteiger partial charge is 0.426 e. The topological polar surface area (TPSA) is 86.7 Å². The van der Waals surface area contributed by atoms with Crippen LogP contribution in [-0.2, 0) is 19.2 Å². The van der Waals surface area contributed by atoms with Crippen molar-refractivity contribution in [2.45, 2.75) is 26.7 Å². The molecular weight excluding hydrogens is 336 g/mol. The molecule has 0 aliphatic rings. The molecule has 6 nitrogen and oxygen atoms in total. The molecule has 0 unspecified atom stereocenters. The van der Waals surface area contributed by atoms with Gasteiger partial charge in [0.25, 0.3) is 0 Å². The minimum absolute atomic E-state index is 0.254. The Hall–Kier alpha value is -3.28. The second-order valence-electron chi connectivity index (χ2n) is 5.75. The lowest BCUT2D eigenvalue weighted by Gasteiger charge is -2.07. The monoisotopic (exact) mass is 354 g/mol. The molecule has 2 rings (SSSR count). The van der Waals surface area contributed by atoms with Crippen LogP contribution in [0.25, 0.3) is 11.1 Å². The van der Waals surface area contributed by atoms with Crippen LogP contribution in [0, 0.1) is 0 Å². The van der Waals surface area contributed by atoms with Crippen molar-refractivity contribution in [1.82, 2.24) is 0 Å². The van der Waals surface area contributed by atoms with E-state index >= 15 is 0 Å². The molecule has 0 heterocycles. The zero-order valence-corrected chi connectivity index (χ0v) is 14.5. The Balaban J connectivity index is 2.00. The zero-order valence-electron chi connectivity index (χ0n) is 14.5. The molecule has 0 saturated carbocycles. The van der Waals surface area contributed by atoms with Crippen LogP contribution in [0.2, 0.25) is 0 Å². The third kappa shape index (κ3) is 5.98. The maximum Gasteiger partial charge on any atom is 0.318 e. The Bertz CT molecular complexity index is 747. The number of carbonyl (C=O) groups is 4. The molecule has 0 fully saturated rings. The van der Waals surface area contributed by atoms with Crippen molar-refractivity contribution in [2.24, 2.45) is 0 Å². The highest BCUT2D eigenvalue weighted by molar-refractivity contribution is 5.95. The van der Waals surface area contributed by atoms with E-state index in [0.29, 0.717) is 11.5 Å². The summed E-state index contributed by atoms with van der Waals surface area (Å²) >= 11 is 0. The third-order valence-electron chi connectivity index (χ3n) is 3.29. The molecule has 0 N–H and O–H groups in total. The number of rotatable bonds is 7. The van der Waals surface area contributed by atoms with Crippen molar-refractivity contribution in [3.63, 3.8) is 0 Å². The van der Waals surface area contributed by atoms with Gasteiger partial charge in [-0.1, -0.05) is 24.3 Å². The van der Waals surface area contributed by atoms with Gasteiger partial charge in [-0.2, -0.15) is 0 Å². The summed E-state index contributed by atoms with van der Waals surface area (Å²) in [7, 11) is 0. The van der Waals surface area contributed by atoms with Gasteiger partial charge >= 0.3 is 11.9 Å². The van der Waals surface area contributed by atoms with E-state index in [9.17, 15) is 19.2 Å². The Morgan fingerprint density at radius 1 is 0.615 bits per heavy atom. The van der Waals surface area contributed by atoms with Crippen molar-refractivity contribution in [1.29, 1.82) is 0 Å². The zero-order chi connectivity index (χ0) is 19.1. The number of Topliss-reactive ketones (excluding diaryl/α,β-unsaturated/α-hetero) is 2. The molecule has 0 amide bonds. The van der Waals surface area contributed by atoms with Gasteiger partial charge in [-0.05, 0) is 49.2 Å². The fraction of sp³-hybridized carbons (Fsp3) is 0.200. The van der Waals surface area contributed by atoms with Gasteiger partial charge in [0.1, 0.15) is 35.9 Å². The predicted octanol–water partition coefficient (Wildman–Crippen LogP) is 3.12. The van der Waals surface area contributed by atoms with E-state index in [4.69, 9.17) is 9.47 Å². The molecule has 0 bridgehead atoms. The van der Waals surface area contributed by atoms with Crippen molar-refractivity contribution in [3.8, 4) is 22.6 Å². The van der Waals surface area contributed by atoms with E-state index in [1.165, 1.54) is 13.8 Å². The van der Waals surface area contributed by atoms with Gasteiger partial charge in [0.2, 0.25) is 0 Å². The van der Waals surface area contributed by atoms with E-state index in [1.54, 1.807) is 48.5 Å². The van der Waals surface area contributed by atoms with Crippen molar-refractivity contribution in [2.75, 3.05) is 0 Å². The minimum atomic E-state index is -0.595. The molecule has 6 heteroatoms. The molecule has 2 aromatic rings. The fourth-order valence-electron chi connectivity index (χ4n) is 2.17. The van der Waals surface area contributed by atoms with Gasteiger partial charge in [-0.3, -0.25) is 19.2 Å². The van der Waals surface area contributed by atoms with Gasteiger partial charge in [0.15, 0.2) is 0 Å². The second-order valence-corrected chi connectivity index (χ2v) is 5.75. The summed E-state index contributed by atoms with van der Waals surface area (Å²) in [5.74, 6) is -0.986. The highest BCUT2D eigenvalue weighted by atomic mass is 16.5. The highest BCUT2D eigenvalue weighted by Crippen LogP contribution is 2.25. The van der Waals surface area contributed by atoms with E-state index in [1.807, 2.05) is 0 Å². The predicted molar refractivity (Wildman–Crippen MR) is 93.7 cm³/mol. The van der Waals surface area contributed by atoms with Gasteiger partial charge < -0.3 is 9.47 Å². The molecule has 134 valence electrons.